The summed E-state index contributed by atoms with van der Waals surface area (Å²) in [6.45, 7) is 4.25. The van der Waals surface area contributed by atoms with Gasteiger partial charge in [0.2, 0.25) is 0 Å². The molecule has 3 heteroatoms. The molecule has 0 aliphatic heterocycles. The first-order valence-electron chi connectivity index (χ1n) is 4.76. The van der Waals surface area contributed by atoms with Gasteiger partial charge < -0.3 is 0 Å². The molecule has 1 nitrogen and oxygen atoms in total. The van der Waals surface area contributed by atoms with Crippen LogP contribution in [-0.4, -0.2) is 16.6 Å². The number of pyridine rings is 1. The predicted molar refractivity (Wildman–Crippen MR) is 65.0 cm³/mol. The fourth-order valence-corrected chi connectivity index (χ4v) is 2.39. The number of hydrogen-bond acceptors (Lipinski definition) is 2. The van der Waals surface area contributed by atoms with Crippen molar-refractivity contribution >= 4 is 23.4 Å². The Morgan fingerprint density at radius 3 is 2.93 bits per heavy atom. The van der Waals surface area contributed by atoms with Gasteiger partial charge in [0.15, 0.2) is 0 Å². The van der Waals surface area contributed by atoms with Crippen molar-refractivity contribution in [3.05, 3.63) is 29.6 Å². The van der Waals surface area contributed by atoms with Gasteiger partial charge in [0.1, 0.15) is 0 Å². The topological polar surface area (TPSA) is 12.9 Å². The lowest BCUT2D eigenvalue weighted by Crippen LogP contribution is -1.99. The summed E-state index contributed by atoms with van der Waals surface area (Å²) >= 11 is 7.66. The number of rotatable bonds is 5. The van der Waals surface area contributed by atoms with Crippen LogP contribution in [0.25, 0.3) is 0 Å². The standard InChI is InChI=1S/C11H16ClNS/c1-9-3-11(6-13-5-9)8-14-7-10(2)4-12/h3,5-6,10H,4,7-8H2,1-2H3. The van der Waals surface area contributed by atoms with E-state index in [-0.39, 0.29) is 0 Å². The van der Waals surface area contributed by atoms with Crippen molar-refractivity contribution in [2.45, 2.75) is 19.6 Å². The summed E-state index contributed by atoms with van der Waals surface area (Å²) < 4.78 is 0. The Morgan fingerprint density at radius 1 is 1.50 bits per heavy atom. The van der Waals surface area contributed by atoms with E-state index in [0.29, 0.717) is 5.92 Å². The van der Waals surface area contributed by atoms with Gasteiger partial charge in [-0.25, -0.2) is 0 Å². The van der Waals surface area contributed by atoms with Crippen LogP contribution in [0.15, 0.2) is 18.5 Å². The highest BCUT2D eigenvalue weighted by Crippen LogP contribution is 2.16. The minimum atomic E-state index is 0.597. The Balaban J connectivity index is 2.31. The second-order valence-electron chi connectivity index (χ2n) is 3.65. The molecule has 0 N–H and O–H groups in total. The minimum Gasteiger partial charge on any atom is -0.264 e. The molecule has 1 rings (SSSR count). The second-order valence-corrected chi connectivity index (χ2v) is 4.98. The van der Waals surface area contributed by atoms with Gasteiger partial charge in [-0.15, -0.1) is 11.6 Å². The molecule has 14 heavy (non-hydrogen) atoms. The average Bonchev–Trinajstić information content (AvgIpc) is 2.17. The molecular formula is C11H16ClNS. The van der Waals surface area contributed by atoms with Crippen molar-refractivity contribution in [2.24, 2.45) is 5.92 Å². The summed E-state index contributed by atoms with van der Waals surface area (Å²) in [5, 5.41) is 0. The molecule has 0 aliphatic carbocycles. The van der Waals surface area contributed by atoms with Crippen molar-refractivity contribution in [3.8, 4) is 0 Å². The summed E-state index contributed by atoms with van der Waals surface area (Å²) in [5.74, 6) is 3.51. The Morgan fingerprint density at radius 2 is 2.29 bits per heavy atom. The highest BCUT2D eigenvalue weighted by Gasteiger charge is 2.00. The average molecular weight is 230 g/mol. The smallest absolute Gasteiger partial charge is 0.0308 e. The first kappa shape index (κ1) is 11.9. The van der Waals surface area contributed by atoms with Gasteiger partial charge in [0.05, 0.1) is 0 Å². The van der Waals surface area contributed by atoms with E-state index in [4.69, 9.17) is 11.6 Å². The maximum Gasteiger partial charge on any atom is 0.0308 e. The molecule has 1 atom stereocenters. The number of aryl methyl sites for hydroxylation is 1. The zero-order valence-corrected chi connectivity index (χ0v) is 10.2. The number of halogens is 1. The van der Waals surface area contributed by atoms with Crippen LogP contribution in [0, 0.1) is 12.8 Å². The molecule has 0 saturated carbocycles. The molecule has 0 saturated heterocycles. The summed E-state index contributed by atoms with van der Waals surface area (Å²) in [6, 6.07) is 2.19. The summed E-state index contributed by atoms with van der Waals surface area (Å²) in [4.78, 5) is 4.16. The molecule has 0 aliphatic rings. The van der Waals surface area contributed by atoms with E-state index in [1.165, 1.54) is 11.1 Å². The lowest BCUT2D eigenvalue weighted by molar-refractivity contribution is 0.759. The number of hydrogen-bond donors (Lipinski definition) is 0. The lowest BCUT2D eigenvalue weighted by atomic mass is 10.2. The van der Waals surface area contributed by atoms with E-state index in [1.54, 1.807) is 0 Å². The van der Waals surface area contributed by atoms with Crippen LogP contribution in [0.5, 0.6) is 0 Å². The van der Waals surface area contributed by atoms with Crippen LogP contribution < -0.4 is 0 Å². The van der Waals surface area contributed by atoms with Crippen LogP contribution in [0.2, 0.25) is 0 Å². The number of alkyl halides is 1. The third kappa shape index (κ3) is 4.34. The quantitative estimate of drug-likeness (QED) is 0.717. The Bertz CT molecular complexity index is 278. The first-order valence-corrected chi connectivity index (χ1v) is 6.45. The zero-order chi connectivity index (χ0) is 10.4. The SMILES string of the molecule is Cc1cncc(CSCC(C)CCl)c1. The third-order valence-corrected chi connectivity index (χ3v) is 3.74. The van der Waals surface area contributed by atoms with E-state index in [9.17, 15) is 0 Å². The maximum absolute atomic E-state index is 5.73. The molecule has 0 fully saturated rings. The lowest BCUT2D eigenvalue weighted by Gasteiger charge is -2.06. The molecule has 1 heterocycles. The van der Waals surface area contributed by atoms with Gasteiger partial charge in [-0.2, -0.15) is 11.8 Å². The van der Waals surface area contributed by atoms with Gasteiger partial charge >= 0.3 is 0 Å². The fraction of sp³-hybridized carbons (Fsp3) is 0.545. The summed E-state index contributed by atoms with van der Waals surface area (Å²) in [7, 11) is 0. The number of aromatic nitrogens is 1. The van der Waals surface area contributed by atoms with Crippen LogP contribution in [0.3, 0.4) is 0 Å². The van der Waals surface area contributed by atoms with Crippen molar-refractivity contribution in [2.75, 3.05) is 11.6 Å². The van der Waals surface area contributed by atoms with Crippen molar-refractivity contribution in [1.82, 2.24) is 4.98 Å². The number of nitrogens with zero attached hydrogens (tertiary/aromatic N) is 1. The molecule has 0 amide bonds. The predicted octanol–water partition coefficient (Wildman–Crippen LogP) is 3.50. The van der Waals surface area contributed by atoms with Crippen LogP contribution >= 0.6 is 23.4 Å². The number of thioether (sulfide) groups is 1. The Hall–Kier alpha value is -0.210. The largest absolute Gasteiger partial charge is 0.264 e. The van der Waals surface area contributed by atoms with Gasteiger partial charge in [-0.1, -0.05) is 13.0 Å². The maximum atomic E-state index is 5.73. The zero-order valence-electron chi connectivity index (χ0n) is 8.66. The molecule has 0 radical (unpaired) electrons. The molecule has 0 aromatic carbocycles. The van der Waals surface area contributed by atoms with Crippen molar-refractivity contribution in [3.63, 3.8) is 0 Å². The fourth-order valence-electron chi connectivity index (χ4n) is 1.12. The van der Waals surface area contributed by atoms with Crippen LogP contribution in [0.4, 0.5) is 0 Å². The van der Waals surface area contributed by atoms with Gasteiger partial charge in [-0.3, -0.25) is 4.98 Å². The minimum absolute atomic E-state index is 0.597. The van der Waals surface area contributed by atoms with Crippen LogP contribution in [-0.2, 0) is 5.75 Å². The molecule has 1 aromatic heterocycles. The summed E-state index contributed by atoms with van der Waals surface area (Å²) in [6.07, 6.45) is 3.82. The van der Waals surface area contributed by atoms with E-state index in [0.717, 1.165) is 17.4 Å². The van der Waals surface area contributed by atoms with E-state index >= 15 is 0 Å². The van der Waals surface area contributed by atoms with E-state index in [1.807, 2.05) is 24.2 Å². The highest BCUT2D eigenvalue weighted by molar-refractivity contribution is 7.98. The van der Waals surface area contributed by atoms with Gasteiger partial charge in [0, 0.05) is 24.0 Å². The van der Waals surface area contributed by atoms with E-state index < -0.39 is 0 Å². The molecule has 0 spiro atoms. The highest BCUT2D eigenvalue weighted by atomic mass is 35.5. The molecular weight excluding hydrogens is 214 g/mol. The van der Waals surface area contributed by atoms with Crippen LogP contribution in [0.1, 0.15) is 18.1 Å². The second kappa shape index (κ2) is 6.31. The molecule has 0 bridgehead atoms. The Labute approximate surface area is 95.3 Å². The van der Waals surface area contributed by atoms with Gasteiger partial charge in [-0.05, 0) is 29.7 Å². The Kier molecular flexibility index (Phi) is 5.34. The monoisotopic (exact) mass is 229 g/mol. The molecule has 78 valence electrons. The molecule has 1 aromatic rings. The molecule has 1 unspecified atom stereocenters. The van der Waals surface area contributed by atoms with Crippen molar-refractivity contribution < 1.29 is 0 Å². The normalized spacial score (nSPS) is 12.8. The van der Waals surface area contributed by atoms with Gasteiger partial charge in [0.25, 0.3) is 0 Å². The first-order chi connectivity index (χ1) is 6.72. The van der Waals surface area contributed by atoms with E-state index in [2.05, 4.69) is 24.9 Å². The third-order valence-electron chi connectivity index (χ3n) is 1.87. The van der Waals surface area contributed by atoms with Crippen molar-refractivity contribution in [1.29, 1.82) is 0 Å². The summed E-state index contributed by atoms with van der Waals surface area (Å²) in [5.41, 5.74) is 2.53.